The molecule has 19 heavy (non-hydrogen) atoms. The van der Waals surface area contributed by atoms with Crippen LogP contribution in [0.15, 0.2) is 43.0 Å². The lowest BCUT2D eigenvalue weighted by atomic mass is 9.91. The highest BCUT2D eigenvalue weighted by molar-refractivity contribution is 5.68. The van der Waals surface area contributed by atoms with Crippen LogP contribution in [0.3, 0.4) is 0 Å². The summed E-state index contributed by atoms with van der Waals surface area (Å²) in [5.74, 6) is -0.0416. The molecule has 1 aromatic carbocycles. The van der Waals surface area contributed by atoms with Gasteiger partial charge >= 0.3 is 5.97 Å². The van der Waals surface area contributed by atoms with E-state index in [0.29, 0.717) is 5.92 Å². The SMILES string of the molecule is O=C(O)CC(c1cccc(-n2ccnc2)c1)C1CC1. The van der Waals surface area contributed by atoms with Crippen molar-refractivity contribution in [3.8, 4) is 5.69 Å². The zero-order valence-electron chi connectivity index (χ0n) is 10.6. The van der Waals surface area contributed by atoms with E-state index >= 15 is 0 Å². The lowest BCUT2D eigenvalue weighted by Crippen LogP contribution is -2.08. The molecule has 1 atom stereocenters. The van der Waals surface area contributed by atoms with Crippen LogP contribution in [0, 0.1) is 5.92 Å². The Labute approximate surface area is 111 Å². The van der Waals surface area contributed by atoms with Crippen LogP contribution in [0.5, 0.6) is 0 Å². The first-order chi connectivity index (χ1) is 9.24. The molecule has 1 N–H and O–H groups in total. The topological polar surface area (TPSA) is 55.1 Å². The summed E-state index contributed by atoms with van der Waals surface area (Å²) in [6, 6.07) is 8.11. The third-order valence-electron chi connectivity index (χ3n) is 3.69. The molecule has 1 saturated carbocycles. The van der Waals surface area contributed by atoms with E-state index in [1.165, 1.54) is 0 Å². The molecule has 0 amide bonds. The van der Waals surface area contributed by atoms with Crippen LogP contribution in [-0.2, 0) is 4.79 Å². The molecule has 1 aliphatic carbocycles. The minimum atomic E-state index is -0.718. The molecule has 2 aromatic rings. The van der Waals surface area contributed by atoms with Crippen LogP contribution in [0.25, 0.3) is 5.69 Å². The van der Waals surface area contributed by atoms with Crippen molar-refractivity contribution in [1.29, 1.82) is 0 Å². The molecule has 1 fully saturated rings. The van der Waals surface area contributed by atoms with Crippen molar-refractivity contribution in [3.05, 3.63) is 48.5 Å². The number of carbonyl (C=O) groups is 1. The van der Waals surface area contributed by atoms with E-state index in [1.807, 2.05) is 29.0 Å². The Morgan fingerprint density at radius 1 is 1.47 bits per heavy atom. The van der Waals surface area contributed by atoms with Gasteiger partial charge in [-0.25, -0.2) is 4.98 Å². The van der Waals surface area contributed by atoms with Crippen molar-refractivity contribution in [2.45, 2.75) is 25.2 Å². The lowest BCUT2D eigenvalue weighted by Gasteiger charge is -2.15. The maximum atomic E-state index is 11.0. The van der Waals surface area contributed by atoms with Gasteiger partial charge in [0.1, 0.15) is 0 Å². The predicted molar refractivity (Wildman–Crippen MR) is 71.3 cm³/mol. The first-order valence-electron chi connectivity index (χ1n) is 6.54. The van der Waals surface area contributed by atoms with Gasteiger partial charge in [0.2, 0.25) is 0 Å². The van der Waals surface area contributed by atoms with Gasteiger partial charge in [0.25, 0.3) is 0 Å². The maximum absolute atomic E-state index is 11.0. The quantitative estimate of drug-likeness (QED) is 0.895. The first-order valence-corrected chi connectivity index (χ1v) is 6.54. The number of carboxylic acids is 1. The fourth-order valence-corrected chi connectivity index (χ4v) is 2.57. The Bertz CT molecular complexity index is 574. The highest BCUT2D eigenvalue weighted by Crippen LogP contribution is 2.44. The standard InChI is InChI=1S/C15H16N2O2/c18-15(19)9-14(11-4-5-11)12-2-1-3-13(8-12)17-7-6-16-10-17/h1-3,6-8,10-11,14H,4-5,9H2,(H,18,19). The molecule has 0 saturated heterocycles. The van der Waals surface area contributed by atoms with E-state index in [-0.39, 0.29) is 12.3 Å². The number of hydrogen-bond acceptors (Lipinski definition) is 2. The number of carboxylic acid groups (broad SMARTS) is 1. The molecule has 98 valence electrons. The third kappa shape index (κ3) is 2.67. The summed E-state index contributed by atoms with van der Waals surface area (Å²) < 4.78 is 1.94. The molecule has 0 bridgehead atoms. The van der Waals surface area contributed by atoms with Crippen molar-refractivity contribution >= 4 is 5.97 Å². The monoisotopic (exact) mass is 256 g/mol. The van der Waals surface area contributed by atoms with Crippen LogP contribution in [-0.4, -0.2) is 20.6 Å². The Kier molecular flexibility index (Phi) is 3.07. The molecule has 1 aromatic heterocycles. The maximum Gasteiger partial charge on any atom is 0.303 e. The van der Waals surface area contributed by atoms with Gasteiger partial charge in [-0.05, 0) is 42.4 Å². The molecule has 0 aliphatic heterocycles. The predicted octanol–water partition coefficient (Wildman–Crippen LogP) is 2.84. The highest BCUT2D eigenvalue weighted by Gasteiger charge is 2.33. The smallest absolute Gasteiger partial charge is 0.303 e. The van der Waals surface area contributed by atoms with E-state index in [2.05, 4.69) is 11.1 Å². The van der Waals surface area contributed by atoms with Gasteiger partial charge in [0.05, 0.1) is 12.7 Å². The number of nitrogens with zero attached hydrogens (tertiary/aromatic N) is 2. The summed E-state index contributed by atoms with van der Waals surface area (Å²) in [6.45, 7) is 0. The van der Waals surface area contributed by atoms with Crippen molar-refractivity contribution in [2.75, 3.05) is 0 Å². The Morgan fingerprint density at radius 2 is 2.32 bits per heavy atom. The molecule has 1 heterocycles. The van der Waals surface area contributed by atoms with E-state index in [1.54, 1.807) is 12.5 Å². The van der Waals surface area contributed by atoms with E-state index in [0.717, 1.165) is 24.1 Å². The third-order valence-corrected chi connectivity index (χ3v) is 3.69. The molecular weight excluding hydrogens is 240 g/mol. The second-order valence-corrected chi connectivity index (χ2v) is 5.11. The lowest BCUT2D eigenvalue weighted by molar-refractivity contribution is -0.137. The molecular formula is C15H16N2O2. The molecule has 4 heteroatoms. The summed E-state index contributed by atoms with van der Waals surface area (Å²) >= 11 is 0. The van der Waals surface area contributed by atoms with Gasteiger partial charge in [-0.1, -0.05) is 12.1 Å². The average molecular weight is 256 g/mol. The van der Waals surface area contributed by atoms with Crippen LogP contribution < -0.4 is 0 Å². The van der Waals surface area contributed by atoms with Crippen LogP contribution in [0.2, 0.25) is 0 Å². The summed E-state index contributed by atoms with van der Waals surface area (Å²) in [4.78, 5) is 15.1. The van der Waals surface area contributed by atoms with Crippen LogP contribution in [0.4, 0.5) is 0 Å². The van der Waals surface area contributed by atoms with Crippen molar-refractivity contribution < 1.29 is 9.90 Å². The number of hydrogen-bond donors (Lipinski definition) is 1. The van der Waals surface area contributed by atoms with E-state index < -0.39 is 5.97 Å². The molecule has 0 radical (unpaired) electrons. The minimum Gasteiger partial charge on any atom is -0.481 e. The van der Waals surface area contributed by atoms with Crippen LogP contribution in [0.1, 0.15) is 30.7 Å². The number of aliphatic carboxylic acids is 1. The summed E-state index contributed by atoms with van der Waals surface area (Å²) in [5.41, 5.74) is 2.15. The van der Waals surface area contributed by atoms with Gasteiger partial charge in [-0.2, -0.15) is 0 Å². The zero-order valence-corrected chi connectivity index (χ0v) is 10.6. The van der Waals surface area contributed by atoms with Crippen molar-refractivity contribution in [1.82, 2.24) is 9.55 Å². The first kappa shape index (κ1) is 12.0. The van der Waals surface area contributed by atoms with Crippen LogP contribution >= 0.6 is 0 Å². The number of rotatable bonds is 5. The normalized spacial score (nSPS) is 16.2. The number of imidazole rings is 1. The molecule has 3 rings (SSSR count). The molecule has 1 unspecified atom stereocenters. The Hall–Kier alpha value is -2.10. The number of aromatic nitrogens is 2. The van der Waals surface area contributed by atoms with Gasteiger partial charge in [0.15, 0.2) is 0 Å². The van der Waals surface area contributed by atoms with Gasteiger partial charge in [-0.3, -0.25) is 4.79 Å². The Balaban J connectivity index is 1.90. The Morgan fingerprint density at radius 3 is 2.95 bits per heavy atom. The fourth-order valence-electron chi connectivity index (χ4n) is 2.57. The van der Waals surface area contributed by atoms with Gasteiger partial charge < -0.3 is 9.67 Å². The zero-order chi connectivity index (χ0) is 13.2. The summed E-state index contributed by atoms with van der Waals surface area (Å²) in [6.07, 6.45) is 7.89. The van der Waals surface area contributed by atoms with Gasteiger partial charge in [-0.15, -0.1) is 0 Å². The largest absolute Gasteiger partial charge is 0.481 e. The van der Waals surface area contributed by atoms with E-state index in [9.17, 15) is 4.79 Å². The van der Waals surface area contributed by atoms with Crippen molar-refractivity contribution in [3.63, 3.8) is 0 Å². The second kappa shape index (κ2) is 4.88. The van der Waals surface area contributed by atoms with E-state index in [4.69, 9.17) is 5.11 Å². The molecule has 4 nitrogen and oxygen atoms in total. The fraction of sp³-hybridized carbons (Fsp3) is 0.333. The molecule has 0 spiro atoms. The second-order valence-electron chi connectivity index (χ2n) is 5.11. The molecule has 1 aliphatic rings. The summed E-state index contributed by atoms with van der Waals surface area (Å²) in [7, 11) is 0. The van der Waals surface area contributed by atoms with Crippen molar-refractivity contribution in [2.24, 2.45) is 5.92 Å². The average Bonchev–Trinajstić information content (AvgIpc) is 3.09. The van der Waals surface area contributed by atoms with Gasteiger partial charge in [0, 0.05) is 18.1 Å². The summed E-state index contributed by atoms with van der Waals surface area (Å²) in [5, 5.41) is 9.06. The number of benzene rings is 1. The minimum absolute atomic E-state index is 0.140. The highest BCUT2D eigenvalue weighted by atomic mass is 16.4.